The van der Waals surface area contributed by atoms with E-state index in [1.54, 1.807) is 25.3 Å². The summed E-state index contributed by atoms with van der Waals surface area (Å²) in [5, 5.41) is 1.91. The largest absolute Gasteiger partial charge is 0.453 e. The van der Waals surface area contributed by atoms with Gasteiger partial charge in [0.1, 0.15) is 5.75 Å². The average Bonchev–Trinajstić information content (AvgIpc) is 2.71. The maximum absolute atomic E-state index is 12.6. The zero-order valence-corrected chi connectivity index (χ0v) is 20.0. The van der Waals surface area contributed by atoms with Crippen molar-refractivity contribution in [3.05, 3.63) is 98.9 Å². The van der Waals surface area contributed by atoms with E-state index in [0.29, 0.717) is 21.4 Å². The third-order valence-corrected chi connectivity index (χ3v) is 6.31. The Bertz CT molecular complexity index is 1240. The van der Waals surface area contributed by atoms with Gasteiger partial charge in [-0.2, -0.15) is 0 Å². The van der Waals surface area contributed by atoms with E-state index in [0.717, 1.165) is 10.9 Å². The van der Waals surface area contributed by atoms with Gasteiger partial charge in [-0.3, -0.25) is 4.98 Å². The summed E-state index contributed by atoms with van der Waals surface area (Å²) < 4.78 is 21.2. The van der Waals surface area contributed by atoms with Crippen molar-refractivity contribution >= 4 is 68.3 Å². The predicted octanol–water partition coefficient (Wildman–Crippen LogP) is 7.34. The zero-order valence-electron chi connectivity index (χ0n) is 16.2. The molecule has 1 aromatic heterocycles. The molecule has 0 spiro atoms. The van der Waals surface area contributed by atoms with Gasteiger partial charge in [0.05, 0.1) is 31.7 Å². The molecule has 9 heteroatoms. The summed E-state index contributed by atoms with van der Waals surface area (Å²) in [6.07, 6.45) is 3.10. The lowest BCUT2D eigenvalue weighted by Crippen LogP contribution is -2.15. The summed E-state index contributed by atoms with van der Waals surface area (Å²) in [4.78, 5) is 4.74. The number of pyridine rings is 1. The Hall–Kier alpha value is -2.02. The van der Waals surface area contributed by atoms with Gasteiger partial charge in [-0.15, -0.1) is 0 Å². The van der Waals surface area contributed by atoms with Crippen LogP contribution in [0, 0.1) is 0 Å². The molecule has 0 aliphatic heterocycles. The van der Waals surface area contributed by atoms with Gasteiger partial charge in [0.2, 0.25) is 0 Å². The zero-order chi connectivity index (χ0) is 22.5. The van der Waals surface area contributed by atoms with E-state index in [1.165, 1.54) is 12.1 Å². The molecular weight excluding hydrogens is 498 g/mol. The van der Waals surface area contributed by atoms with E-state index in [-0.39, 0.29) is 20.8 Å². The number of ether oxygens (including phenoxy) is 1. The molecule has 3 rings (SSSR count). The normalized spacial score (nSPS) is 13.5. The number of fused-ring (bicyclic) bond motifs is 1. The van der Waals surface area contributed by atoms with Gasteiger partial charge in [-0.1, -0.05) is 71.2 Å². The number of aromatic nitrogens is 1. The molecule has 2 aromatic carbocycles. The first-order chi connectivity index (χ1) is 14.7. The monoisotopic (exact) mass is 512 g/mol. The van der Waals surface area contributed by atoms with Crippen molar-refractivity contribution in [1.82, 2.24) is 9.71 Å². The molecule has 0 aliphatic carbocycles. The second-order valence-electron chi connectivity index (χ2n) is 6.32. The van der Waals surface area contributed by atoms with Crippen LogP contribution in [0.3, 0.4) is 0 Å². The highest BCUT2D eigenvalue weighted by atomic mass is 35.5. The SMILES string of the molecule is C=C(Cl)/C(Oc1cnc2ccccc2c1)=C(Cl)\C=C(/C)NS(=O)c1ccc(Cl)cc1Cl. The molecule has 0 amide bonds. The quantitative estimate of drug-likeness (QED) is 0.265. The van der Waals surface area contributed by atoms with Crippen molar-refractivity contribution in [2.45, 2.75) is 11.8 Å². The van der Waals surface area contributed by atoms with Crippen molar-refractivity contribution in [3.8, 4) is 5.75 Å². The first-order valence-electron chi connectivity index (χ1n) is 8.83. The first-order valence-corrected chi connectivity index (χ1v) is 11.5. The van der Waals surface area contributed by atoms with Crippen LogP contribution in [0.1, 0.15) is 6.92 Å². The molecule has 1 N–H and O–H groups in total. The Kier molecular flexibility index (Phi) is 8.03. The minimum absolute atomic E-state index is 0.101. The van der Waals surface area contributed by atoms with Gasteiger partial charge in [0.25, 0.3) is 0 Å². The number of nitrogens with one attached hydrogen (secondary N) is 1. The van der Waals surface area contributed by atoms with Crippen LogP contribution < -0.4 is 9.46 Å². The molecule has 1 atom stereocenters. The van der Waals surface area contributed by atoms with Crippen LogP contribution in [0.5, 0.6) is 5.75 Å². The second kappa shape index (κ2) is 10.5. The van der Waals surface area contributed by atoms with Gasteiger partial charge < -0.3 is 9.46 Å². The van der Waals surface area contributed by atoms with Crippen LogP contribution in [0.4, 0.5) is 0 Å². The Morgan fingerprint density at radius 2 is 1.90 bits per heavy atom. The van der Waals surface area contributed by atoms with Crippen molar-refractivity contribution < 1.29 is 8.95 Å². The Morgan fingerprint density at radius 1 is 1.16 bits per heavy atom. The van der Waals surface area contributed by atoms with E-state index in [4.69, 9.17) is 51.1 Å². The maximum Gasteiger partial charge on any atom is 0.164 e. The minimum Gasteiger partial charge on any atom is -0.453 e. The van der Waals surface area contributed by atoms with Gasteiger partial charge in [0.15, 0.2) is 16.7 Å². The van der Waals surface area contributed by atoms with E-state index in [9.17, 15) is 4.21 Å². The van der Waals surface area contributed by atoms with Crippen LogP contribution in [-0.2, 0) is 11.0 Å². The molecular formula is C22H16Cl4N2O2S. The fraction of sp³-hybridized carbons (Fsp3) is 0.0455. The highest BCUT2D eigenvalue weighted by molar-refractivity contribution is 7.83. The minimum atomic E-state index is -1.62. The predicted molar refractivity (Wildman–Crippen MR) is 130 cm³/mol. The summed E-state index contributed by atoms with van der Waals surface area (Å²) in [6.45, 7) is 5.40. The van der Waals surface area contributed by atoms with E-state index in [1.807, 2.05) is 30.3 Å². The second-order valence-corrected chi connectivity index (χ2v) is 9.21. The first kappa shape index (κ1) is 23.6. The highest BCUT2D eigenvalue weighted by Gasteiger charge is 2.13. The summed E-state index contributed by atoms with van der Waals surface area (Å²) in [7, 11) is -1.62. The number of hydrogen-bond acceptors (Lipinski definition) is 3. The number of nitrogens with zero attached hydrogens (tertiary/aromatic N) is 1. The molecule has 0 bridgehead atoms. The molecule has 0 aliphatic rings. The summed E-state index contributed by atoms with van der Waals surface area (Å²) in [5.41, 5.74) is 1.32. The number of halogens is 4. The van der Waals surface area contributed by atoms with Gasteiger partial charge in [-0.05, 0) is 43.3 Å². The number of hydrogen-bond donors (Lipinski definition) is 1. The van der Waals surface area contributed by atoms with Crippen LogP contribution in [0.15, 0.2) is 93.8 Å². The highest BCUT2D eigenvalue weighted by Crippen LogP contribution is 2.28. The fourth-order valence-electron chi connectivity index (χ4n) is 2.57. The van der Waals surface area contributed by atoms with Gasteiger partial charge in [-0.25, -0.2) is 4.21 Å². The van der Waals surface area contributed by atoms with Gasteiger partial charge >= 0.3 is 0 Å². The Morgan fingerprint density at radius 3 is 2.61 bits per heavy atom. The molecule has 1 heterocycles. The molecule has 3 aromatic rings. The Labute approximate surface area is 202 Å². The van der Waals surface area contributed by atoms with Crippen molar-refractivity contribution in [3.63, 3.8) is 0 Å². The van der Waals surface area contributed by atoms with Crippen LogP contribution in [-0.4, -0.2) is 9.19 Å². The standard InChI is InChI=1S/C22H16Cl4N2O2S/c1-13(28-31(29)21-8-7-16(24)11-18(21)25)9-19(26)22(14(2)23)30-17-10-15-5-3-4-6-20(15)27-12-17/h3-12,28H,2H2,1H3/b13-9+,22-19-. The number of allylic oxidation sites excluding steroid dienone is 4. The third-order valence-electron chi connectivity index (χ3n) is 3.94. The van der Waals surface area contributed by atoms with Crippen LogP contribution >= 0.6 is 46.4 Å². The molecule has 4 nitrogen and oxygen atoms in total. The topological polar surface area (TPSA) is 51.2 Å². The lowest BCUT2D eigenvalue weighted by Gasteiger charge is -2.12. The number of benzene rings is 2. The lowest BCUT2D eigenvalue weighted by atomic mass is 10.2. The van der Waals surface area contributed by atoms with Gasteiger partial charge in [0, 0.05) is 16.1 Å². The summed E-state index contributed by atoms with van der Waals surface area (Å²) >= 11 is 24.5. The number of rotatable bonds is 7. The van der Waals surface area contributed by atoms with Crippen LogP contribution in [0.25, 0.3) is 10.9 Å². The molecule has 0 saturated carbocycles. The van der Waals surface area contributed by atoms with Crippen molar-refractivity contribution in [2.75, 3.05) is 0 Å². The Balaban J connectivity index is 1.83. The molecule has 0 fully saturated rings. The molecule has 1 unspecified atom stereocenters. The summed E-state index contributed by atoms with van der Waals surface area (Å²) in [5.74, 6) is 0.598. The molecule has 31 heavy (non-hydrogen) atoms. The third kappa shape index (κ3) is 6.25. The lowest BCUT2D eigenvalue weighted by molar-refractivity contribution is 0.439. The number of para-hydroxylation sites is 1. The molecule has 160 valence electrons. The molecule has 0 saturated heterocycles. The molecule has 0 radical (unpaired) electrons. The average molecular weight is 514 g/mol. The van der Waals surface area contributed by atoms with Crippen LogP contribution in [0.2, 0.25) is 10.0 Å². The van der Waals surface area contributed by atoms with Crippen molar-refractivity contribution in [2.24, 2.45) is 0 Å². The van der Waals surface area contributed by atoms with E-state index in [2.05, 4.69) is 16.3 Å². The summed E-state index contributed by atoms with van der Waals surface area (Å²) in [6, 6.07) is 14.2. The smallest absolute Gasteiger partial charge is 0.164 e. The fourth-order valence-corrected chi connectivity index (χ4v) is 4.58. The van der Waals surface area contributed by atoms with E-state index >= 15 is 0 Å². The van der Waals surface area contributed by atoms with E-state index < -0.39 is 11.0 Å². The van der Waals surface area contributed by atoms with Crippen molar-refractivity contribution in [1.29, 1.82) is 0 Å². The maximum atomic E-state index is 12.6.